The number of thiophene rings is 1. The number of nitrogens with one attached hydrogen (secondary N) is 2. The second-order valence-electron chi connectivity index (χ2n) is 4.89. The summed E-state index contributed by atoms with van der Waals surface area (Å²) >= 11 is 1.46. The van der Waals surface area contributed by atoms with Crippen LogP contribution in [0.15, 0.2) is 16.3 Å². The zero-order valence-electron chi connectivity index (χ0n) is 11.9. The van der Waals surface area contributed by atoms with Crippen LogP contribution in [0.3, 0.4) is 0 Å². The smallest absolute Gasteiger partial charge is 0.241 e. The highest BCUT2D eigenvalue weighted by atomic mass is 32.2. The Hall–Kier alpha value is -0.470. The zero-order chi connectivity index (χ0) is 14.5. The number of hydrogen-bond donors (Lipinski definition) is 2. The van der Waals surface area contributed by atoms with Gasteiger partial charge in [0.25, 0.3) is 0 Å². The Morgan fingerprint density at radius 2 is 2.11 bits per heavy atom. The zero-order valence-corrected chi connectivity index (χ0v) is 13.6. The molecule has 0 bridgehead atoms. The fraction of sp³-hybridized carbons (Fsp3) is 0.667. The van der Waals surface area contributed by atoms with E-state index >= 15 is 0 Å². The summed E-state index contributed by atoms with van der Waals surface area (Å²) < 4.78 is 27.0. The van der Waals surface area contributed by atoms with Crippen LogP contribution in [0.1, 0.15) is 18.2 Å². The van der Waals surface area contributed by atoms with Crippen molar-refractivity contribution >= 4 is 21.4 Å². The van der Waals surface area contributed by atoms with Gasteiger partial charge in [0, 0.05) is 22.8 Å². The second kappa shape index (κ2) is 7.35. The minimum absolute atomic E-state index is 0.0694. The fourth-order valence-electron chi connectivity index (χ4n) is 1.61. The van der Waals surface area contributed by atoms with Gasteiger partial charge in [-0.1, -0.05) is 0 Å². The molecule has 0 saturated carbocycles. The fourth-order valence-corrected chi connectivity index (χ4v) is 4.18. The average Bonchev–Trinajstić information content (AvgIpc) is 2.76. The summed E-state index contributed by atoms with van der Waals surface area (Å²) in [6.07, 6.45) is 0.791. The van der Waals surface area contributed by atoms with E-state index in [1.807, 2.05) is 33.0 Å². The standard InChI is InChI=1S/C12H23N3O2S2/c1-10(5-6-15(3)4)14-19(16,17)12-7-11(8-13-2)18-9-12/h7,9-10,13-14H,5-6,8H2,1-4H3. The first-order valence-electron chi connectivity index (χ1n) is 6.24. The van der Waals surface area contributed by atoms with Gasteiger partial charge in [-0.25, -0.2) is 13.1 Å². The van der Waals surface area contributed by atoms with Gasteiger partial charge in [-0.2, -0.15) is 0 Å². The van der Waals surface area contributed by atoms with Crippen LogP contribution >= 0.6 is 11.3 Å². The Kier molecular flexibility index (Phi) is 6.41. The third-order valence-electron chi connectivity index (χ3n) is 2.66. The summed E-state index contributed by atoms with van der Waals surface area (Å²) in [5.41, 5.74) is 0. The van der Waals surface area contributed by atoms with Crippen molar-refractivity contribution in [3.63, 3.8) is 0 Å². The summed E-state index contributed by atoms with van der Waals surface area (Å²) in [4.78, 5) is 3.42. The van der Waals surface area contributed by atoms with Crippen molar-refractivity contribution in [1.29, 1.82) is 0 Å². The number of sulfonamides is 1. The molecule has 0 saturated heterocycles. The van der Waals surface area contributed by atoms with Crippen LogP contribution in [0.25, 0.3) is 0 Å². The molecule has 0 aliphatic heterocycles. The van der Waals surface area contributed by atoms with Crippen molar-refractivity contribution in [3.05, 3.63) is 16.3 Å². The third-order valence-corrected chi connectivity index (χ3v) is 5.31. The molecule has 0 aliphatic carbocycles. The maximum absolute atomic E-state index is 12.2. The van der Waals surface area contributed by atoms with Crippen LogP contribution in [0, 0.1) is 0 Å². The van der Waals surface area contributed by atoms with Crippen LogP contribution < -0.4 is 10.0 Å². The van der Waals surface area contributed by atoms with Crippen LogP contribution in [-0.4, -0.2) is 47.0 Å². The molecule has 1 rings (SSSR count). The SMILES string of the molecule is CNCc1cc(S(=O)(=O)NC(C)CCN(C)C)cs1. The molecule has 1 aromatic rings. The molecule has 0 aliphatic rings. The van der Waals surface area contributed by atoms with Crippen molar-refractivity contribution in [2.24, 2.45) is 0 Å². The van der Waals surface area contributed by atoms with Crippen molar-refractivity contribution in [2.45, 2.75) is 30.8 Å². The van der Waals surface area contributed by atoms with Gasteiger partial charge in [0.05, 0.1) is 4.90 Å². The third kappa shape index (κ3) is 5.58. The van der Waals surface area contributed by atoms with Gasteiger partial charge in [-0.3, -0.25) is 0 Å². The van der Waals surface area contributed by atoms with Gasteiger partial charge >= 0.3 is 0 Å². The van der Waals surface area contributed by atoms with Crippen LogP contribution in [-0.2, 0) is 16.6 Å². The summed E-state index contributed by atoms with van der Waals surface area (Å²) in [5, 5.41) is 4.70. The maximum atomic E-state index is 12.2. The minimum Gasteiger partial charge on any atom is -0.315 e. The van der Waals surface area contributed by atoms with Gasteiger partial charge in [0.2, 0.25) is 10.0 Å². The molecule has 5 nitrogen and oxygen atoms in total. The monoisotopic (exact) mass is 305 g/mol. The molecule has 0 fully saturated rings. The van der Waals surface area contributed by atoms with Crippen LogP contribution in [0.5, 0.6) is 0 Å². The summed E-state index contributed by atoms with van der Waals surface area (Å²) in [5.74, 6) is 0. The Morgan fingerprint density at radius 3 is 2.68 bits per heavy atom. The minimum atomic E-state index is -3.39. The summed E-state index contributed by atoms with van der Waals surface area (Å²) in [7, 11) is 2.40. The maximum Gasteiger partial charge on any atom is 0.241 e. The first-order chi connectivity index (χ1) is 8.85. The average molecular weight is 305 g/mol. The number of rotatable bonds is 8. The van der Waals surface area contributed by atoms with E-state index < -0.39 is 10.0 Å². The molecule has 0 amide bonds. The van der Waals surface area contributed by atoms with E-state index in [1.54, 1.807) is 11.4 Å². The quantitative estimate of drug-likeness (QED) is 0.755. The van der Waals surface area contributed by atoms with E-state index in [0.29, 0.717) is 11.4 Å². The molecule has 1 unspecified atom stereocenters. The van der Waals surface area contributed by atoms with E-state index in [9.17, 15) is 8.42 Å². The van der Waals surface area contributed by atoms with E-state index in [0.717, 1.165) is 17.8 Å². The molecular weight excluding hydrogens is 282 g/mol. The van der Waals surface area contributed by atoms with Crippen LogP contribution in [0.2, 0.25) is 0 Å². The molecule has 2 N–H and O–H groups in total. The lowest BCUT2D eigenvalue weighted by molar-refractivity contribution is 0.379. The molecule has 110 valence electrons. The molecule has 0 spiro atoms. The molecule has 19 heavy (non-hydrogen) atoms. The lowest BCUT2D eigenvalue weighted by atomic mass is 10.2. The van der Waals surface area contributed by atoms with E-state index in [4.69, 9.17) is 0 Å². The highest BCUT2D eigenvalue weighted by Crippen LogP contribution is 2.19. The molecule has 1 atom stereocenters. The molecule has 1 aromatic heterocycles. The number of hydrogen-bond acceptors (Lipinski definition) is 5. The lowest BCUT2D eigenvalue weighted by Crippen LogP contribution is -2.34. The highest BCUT2D eigenvalue weighted by Gasteiger charge is 2.18. The van der Waals surface area contributed by atoms with Crippen molar-refractivity contribution in [2.75, 3.05) is 27.7 Å². The Bertz CT molecular complexity index is 483. The Labute approximate surface area is 120 Å². The van der Waals surface area contributed by atoms with Crippen molar-refractivity contribution in [1.82, 2.24) is 14.9 Å². The van der Waals surface area contributed by atoms with Crippen molar-refractivity contribution in [3.8, 4) is 0 Å². The molecule has 0 aromatic carbocycles. The molecule has 7 heteroatoms. The Morgan fingerprint density at radius 1 is 1.42 bits per heavy atom. The van der Waals surface area contributed by atoms with E-state index in [2.05, 4.69) is 10.0 Å². The highest BCUT2D eigenvalue weighted by molar-refractivity contribution is 7.89. The first-order valence-corrected chi connectivity index (χ1v) is 8.60. The van der Waals surface area contributed by atoms with Crippen molar-refractivity contribution < 1.29 is 8.42 Å². The van der Waals surface area contributed by atoms with Gasteiger partial charge in [0.15, 0.2) is 0 Å². The normalized spacial score (nSPS) is 13.9. The molecular formula is C12H23N3O2S2. The summed E-state index contributed by atoms with van der Waals surface area (Å²) in [6.45, 7) is 3.44. The predicted octanol–water partition coefficient (Wildman–Crippen LogP) is 1.09. The van der Waals surface area contributed by atoms with Gasteiger partial charge in [-0.05, 0) is 47.1 Å². The lowest BCUT2D eigenvalue weighted by Gasteiger charge is -2.16. The molecule has 0 radical (unpaired) electrons. The van der Waals surface area contributed by atoms with E-state index in [1.165, 1.54) is 11.3 Å². The number of nitrogens with zero attached hydrogens (tertiary/aromatic N) is 1. The summed E-state index contributed by atoms with van der Waals surface area (Å²) in [6, 6.07) is 1.65. The van der Waals surface area contributed by atoms with Gasteiger partial charge in [0.1, 0.15) is 0 Å². The molecule has 1 heterocycles. The topological polar surface area (TPSA) is 61.4 Å². The van der Waals surface area contributed by atoms with Gasteiger partial charge in [-0.15, -0.1) is 11.3 Å². The first kappa shape index (κ1) is 16.6. The largest absolute Gasteiger partial charge is 0.315 e. The van der Waals surface area contributed by atoms with E-state index in [-0.39, 0.29) is 6.04 Å². The predicted molar refractivity (Wildman–Crippen MR) is 80.0 cm³/mol. The van der Waals surface area contributed by atoms with Gasteiger partial charge < -0.3 is 10.2 Å². The van der Waals surface area contributed by atoms with Crippen LogP contribution in [0.4, 0.5) is 0 Å². The second-order valence-corrected chi connectivity index (χ2v) is 7.60. The Balaban J connectivity index is 2.64.